The minimum absolute atomic E-state index is 0.0629. The normalized spacial score (nSPS) is 11.8. The number of fused-ring (bicyclic) bond motifs is 1. The van der Waals surface area contributed by atoms with Crippen molar-refractivity contribution in [2.45, 2.75) is 20.4 Å². The molecule has 0 unspecified atom stereocenters. The summed E-state index contributed by atoms with van der Waals surface area (Å²) in [5, 5.41) is 13.5. The Labute approximate surface area is 204 Å². The quantitative estimate of drug-likeness (QED) is 0.248. The summed E-state index contributed by atoms with van der Waals surface area (Å²) >= 11 is 1.51. The molecule has 0 amide bonds. The molecule has 0 saturated heterocycles. The lowest BCUT2D eigenvalue weighted by molar-refractivity contribution is -0.384. The van der Waals surface area contributed by atoms with Gasteiger partial charge in [-0.1, -0.05) is 12.1 Å². The fourth-order valence-electron chi connectivity index (χ4n) is 4.04. The number of para-hydroxylation sites is 1. The summed E-state index contributed by atoms with van der Waals surface area (Å²) in [7, 11) is 0. The van der Waals surface area contributed by atoms with Crippen LogP contribution in [0.5, 0.6) is 0 Å². The van der Waals surface area contributed by atoms with Crippen molar-refractivity contribution in [2.75, 3.05) is 0 Å². The Morgan fingerprint density at radius 1 is 1.03 bits per heavy atom. The van der Waals surface area contributed by atoms with E-state index in [4.69, 9.17) is 4.99 Å². The first-order valence-electron chi connectivity index (χ1n) is 11.0. The first-order valence-corrected chi connectivity index (χ1v) is 11.9. The molecule has 2 heterocycles. The molecule has 0 spiro atoms. The minimum Gasteiger partial charge on any atom is -0.317 e. The molecule has 0 N–H and O–H groups in total. The summed E-state index contributed by atoms with van der Waals surface area (Å²) in [6.07, 6.45) is 0. The molecular formula is C26H21N5O3S. The van der Waals surface area contributed by atoms with Crippen molar-refractivity contribution in [3.05, 3.63) is 109 Å². The van der Waals surface area contributed by atoms with Crippen molar-refractivity contribution >= 4 is 33.6 Å². The molecule has 0 fully saturated rings. The van der Waals surface area contributed by atoms with Gasteiger partial charge in [-0.05, 0) is 67.9 Å². The average Bonchev–Trinajstić information content (AvgIpc) is 3.27. The van der Waals surface area contributed by atoms with Gasteiger partial charge >= 0.3 is 0 Å². The van der Waals surface area contributed by atoms with Crippen LogP contribution in [0.3, 0.4) is 0 Å². The maximum absolute atomic E-state index is 13.1. The third-order valence-corrected chi connectivity index (χ3v) is 6.63. The van der Waals surface area contributed by atoms with Gasteiger partial charge in [-0.3, -0.25) is 19.5 Å². The Bertz CT molecular complexity index is 1680. The highest BCUT2D eigenvalue weighted by Crippen LogP contribution is 2.24. The molecule has 5 aromatic rings. The second kappa shape index (κ2) is 9.11. The van der Waals surface area contributed by atoms with Gasteiger partial charge < -0.3 is 4.57 Å². The molecule has 9 heteroatoms. The Balaban J connectivity index is 1.51. The van der Waals surface area contributed by atoms with Gasteiger partial charge in [-0.15, -0.1) is 11.3 Å². The Kier molecular flexibility index (Phi) is 5.84. The van der Waals surface area contributed by atoms with Gasteiger partial charge in [0.2, 0.25) is 0 Å². The molecule has 0 aliphatic carbocycles. The van der Waals surface area contributed by atoms with Crippen LogP contribution in [0.4, 0.5) is 11.4 Å². The molecule has 0 saturated carbocycles. The predicted molar refractivity (Wildman–Crippen MR) is 137 cm³/mol. The molecule has 0 aliphatic rings. The third kappa shape index (κ3) is 4.17. The maximum atomic E-state index is 13.1. The highest BCUT2D eigenvalue weighted by Gasteiger charge is 2.11. The standard InChI is InChI=1S/C26H21N5O3S/c1-3-29-24(18-8-12-21(13-9-18)31(33)34)16-35-26(29)28-19-10-14-20(15-11-19)30-17(2)27-23-7-5-4-6-22(23)25(30)32/h4-16H,3H2,1-2H3. The van der Waals surface area contributed by atoms with Crippen molar-refractivity contribution in [3.63, 3.8) is 0 Å². The highest BCUT2D eigenvalue weighted by molar-refractivity contribution is 7.07. The number of thiazole rings is 1. The Morgan fingerprint density at radius 2 is 1.74 bits per heavy atom. The summed E-state index contributed by atoms with van der Waals surface area (Å²) < 4.78 is 3.68. The van der Waals surface area contributed by atoms with Crippen LogP contribution in [0, 0.1) is 17.0 Å². The van der Waals surface area contributed by atoms with Crippen molar-refractivity contribution in [2.24, 2.45) is 4.99 Å². The van der Waals surface area contributed by atoms with E-state index in [9.17, 15) is 14.9 Å². The molecule has 5 rings (SSSR count). The predicted octanol–water partition coefficient (Wildman–Crippen LogP) is 5.38. The van der Waals surface area contributed by atoms with Crippen LogP contribution >= 0.6 is 11.3 Å². The zero-order valence-corrected chi connectivity index (χ0v) is 19.9. The Morgan fingerprint density at radius 3 is 2.43 bits per heavy atom. The summed E-state index contributed by atoms with van der Waals surface area (Å²) in [6, 6.07) is 21.3. The largest absolute Gasteiger partial charge is 0.317 e. The number of aryl methyl sites for hydroxylation is 1. The molecular weight excluding hydrogens is 462 g/mol. The van der Waals surface area contributed by atoms with Gasteiger partial charge in [-0.2, -0.15) is 0 Å². The van der Waals surface area contributed by atoms with Crippen LogP contribution in [0.2, 0.25) is 0 Å². The maximum Gasteiger partial charge on any atom is 0.269 e. The van der Waals surface area contributed by atoms with Crippen LogP contribution < -0.4 is 10.4 Å². The number of aromatic nitrogens is 3. The summed E-state index contributed by atoms with van der Waals surface area (Å²) in [5.74, 6) is 0.619. The highest BCUT2D eigenvalue weighted by atomic mass is 32.1. The molecule has 0 bridgehead atoms. The molecule has 3 aromatic carbocycles. The molecule has 2 aromatic heterocycles. The van der Waals surface area contributed by atoms with E-state index < -0.39 is 4.92 Å². The molecule has 174 valence electrons. The minimum atomic E-state index is -0.404. The molecule has 0 atom stereocenters. The zero-order valence-electron chi connectivity index (χ0n) is 19.1. The lowest BCUT2D eigenvalue weighted by Gasteiger charge is -2.11. The number of nitrogens with zero attached hydrogens (tertiary/aromatic N) is 5. The first kappa shape index (κ1) is 22.4. The number of non-ortho nitro benzene ring substituents is 1. The van der Waals surface area contributed by atoms with Crippen molar-refractivity contribution in [1.82, 2.24) is 14.1 Å². The number of hydrogen-bond acceptors (Lipinski definition) is 6. The van der Waals surface area contributed by atoms with Gasteiger partial charge in [-0.25, -0.2) is 9.98 Å². The third-order valence-electron chi connectivity index (χ3n) is 5.76. The lowest BCUT2D eigenvalue weighted by atomic mass is 10.1. The van der Waals surface area contributed by atoms with Crippen LogP contribution in [0.15, 0.2) is 88.0 Å². The number of rotatable bonds is 5. The van der Waals surface area contributed by atoms with E-state index >= 15 is 0 Å². The number of nitro benzene ring substituents is 1. The molecule has 35 heavy (non-hydrogen) atoms. The number of benzene rings is 3. The van der Waals surface area contributed by atoms with E-state index in [0.29, 0.717) is 23.3 Å². The van der Waals surface area contributed by atoms with Gasteiger partial charge in [0.15, 0.2) is 4.80 Å². The molecule has 0 radical (unpaired) electrons. The Hall–Kier alpha value is -4.37. The topological polar surface area (TPSA) is 95.3 Å². The summed E-state index contributed by atoms with van der Waals surface area (Å²) in [6.45, 7) is 4.55. The van der Waals surface area contributed by atoms with E-state index in [1.165, 1.54) is 23.5 Å². The van der Waals surface area contributed by atoms with E-state index in [1.807, 2.05) is 61.7 Å². The van der Waals surface area contributed by atoms with Gasteiger partial charge in [0, 0.05) is 24.1 Å². The number of nitro groups is 1. The van der Waals surface area contributed by atoms with E-state index in [0.717, 1.165) is 27.4 Å². The van der Waals surface area contributed by atoms with E-state index in [1.54, 1.807) is 22.8 Å². The van der Waals surface area contributed by atoms with E-state index in [2.05, 4.69) is 9.55 Å². The van der Waals surface area contributed by atoms with Crippen molar-refractivity contribution < 1.29 is 4.92 Å². The summed E-state index contributed by atoms with van der Waals surface area (Å²) in [5.41, 5.74) is 3.97. The van der Waals surface area contributed by atoms with Crippen LogP contribution in [0.1, 0.15) is 12.7 Å². The fraction of sp³-hybridized carbons (Fsp3) is 0.115. The second-order valence-corrected chi connectivity index (χ2v) is 8.73. The van der Waals surface area contributed by atoms with Crippen molar-refractivity contribution in [1.29, 1.82) is 0 Å². The van der Waals surface area contributed by atoms with Gasteiger partial charge in [0.1, 0.15) is 5.82 Å². The van der Waals surface area contributed by atoms with Crippen LogP contribution in [-0.4, -0.2) is 19.0 Å². The lowest BCUT2D eigenvalue weighted by Crippen LogP contribution is -2.22. The average molecular weight is 484 g/mol. The zero-order chi connectivity index (χ0) is 24.5. The number of hydrogen-bond donors (Lipinski definition) is 0. The molecule has 8 nitrogen and oxygen atoms in total. The van der Waals surface area contributed by atoms with E-state index in [-0.39, 0.29) is 11.2 Å². The monoisotopic (exact) mass is 483 g/mol. The van der Waals surface area contributed by atoms with Gasteiger partial charge in [0.05, 0.1) is 32.9 Å². The smallest absolute Gasteiger partial charge is 0.269 e. The SMILES string of the molecule is CCn1c(-c2ccc([N+](=O)[O-])cc2)csc1=Nc1ccc(-n2c(C)nc3ccccc3c2=O)cc1. The first-order chi connectivity index (χ1) is 17.0. The second-order valence-electron chi connectivity index (χ2n) is 7.90. The van der Waals surface area contributed by atoms with Gasteiger partial charge in [0.25, 0.3) is 11.2 Å². The van der Waals surface area contributed by atoms with Crippen LogP contribution in [0.25, 0.3) is 27.8 Å². The fourth-order valence-corrected chi connectivity index (χ4v) is 5.04. The van der Waals surface area contributed by atoms with Crippen LogP contribution in [-0.2, 0) is 6.54 Å². The van der Waals surface area contributed by atoms with Crippen molar-refractivity contribution in [3.8, 4) is 16.9 Å². The summed E-state index contributed by atoms with van der Waals surface area (Å²) in [4.78, 5) is 33.8. The molecule has 0 aliphatic heterocycles.